The molecule has 0 saturated heterocycles. The van der Waals surface area contributed by atoms with Crippen molar-refractivity contribution in [3.63, 3.8) is 0 Å². The van der Waals surface area contributed by atoms with E-state index in [-0.39, 0.29) is 5.48 Å². The second kappa shape index (κ2) is 23.5. The molecule has 0 fully saturated rings. The molecule has 0 saturated carbocycles. The Morgan fingerprint density at radius 1 is 1.38 bits per heavy atom. The van der Waals surface area contributed by atoms with Crippen LogP contribution in [0.25, 0.3) is 0 Å². The Labute approximate surface area is 85.6 Å². The summed E-state index contributed by atoms with van der Waals surface area (Å²) in [6.07, 6.45) is 0.875. The first-order valence-electron chi connectivity index (χ1n) is 2.94. The molecule has 0 aromatic heterocycles. The zero-order chi connectivity index (χ0) is 6.12. The van der Waals surface area contributed by atoms with Crippen molar-refractivity contribution in [3.05, 3.63) is 0 Å². The van der Waals surface area contributed by atoms with Crippen LogP contribution in [0, 0.1) is 0 Å². The second-order valence-corrected chi connectivity index (χ2v) is 3.64. The summed E-state index contributed by atoms with van der Waals surface area (Å²) >= 11 is 1.10. The maximum absolute atomic E-state index is 7.88. The normalized spacial score (nSPS) is 6.12. The van der Waals surface area contributed by atoms with Gasteiger partial charge in [0.2, 0.25) is 0 Å². The number of rotatable bonds is 1. The summed E-state index contributed by atoms with van der Waals surface area (Å²) in [6.45, 7) is 4.46. The molecule has 0 unspecified atom stereocenters. The second-order valence-electron chi connectivity index (χ2n) is 1.43. The van der Waals surface area contributed by atoms with Crippen LogP contribution in [-0.4, -0.2) is 66.1 Å². The van der Waals surface area contributed by atoms with Crippen molar-refractivity contribution < 1.29 is 10.6 Å². The Morgan fingerprint density at radius 3 is 1.50 bits per heavy atom. The monoisotopic (exact) mass is 146 g/mol. The summed E-state index contributed by atoms with van der Waals surface area (Å²) in [6, 6.07) is 0. The van der Waals surface area contributed by atoms with Crippen molar-refractivity contribution in [2.45, 2.75) is 20.8 Å². The first-order valence-corrected chi connectivity index (χ1v) is 5.15. The fraction of sp³-hybridized carbons (Fsp3) is 1.00. The maximum Gasteiger partial charge on any atom is -0.412 e. The number of hydrogen-bond donors (Lipinski definition) is 1. The van der Waals surface area contributed by atoms with Gasteiger partial charge in [0.25, 0.3) is 0 Å². The van der Waals surface area contributed by atoms with Crippen LogP contribution < -0.4 is 0 Å². The fourth-order valence-corrected chi connectivity index (χ4v) is 0. The van der Waals surface area contributed by atoms with Gasteiger partial charge in [-0.1, -0.05) is 6.92 Å². The van der Waals surface area contributed by atoms with E-state index in [0.717, 1.165) is 55.4 Å². The van der Waals surface area contributed by atoms with E-state index in [2.05, 4.69) is 6.92 Å². The summed E-state index contributed by atoms with van der Waals surface area (Å²) in [5.41, 5.74) is 0. The van der Waals surface area contributed by atoms with Gasteiger partial charge in [-0.05, 0) is 6.42 Å². The molecule has 0 bridgehead atoms. The average Bonchev–Trinajstić information content (AvgIpc) is 1.69. The van der Waals surface area contributed by atoms with Crippen LogP contribution in [0.1, 0.15) is 20.3 Å². The van der Waals surface area contributed by atoms with E-state index in [0.29, 0.717) is 6.61 Å². The van der Waals surface area contributed by atoms with E-state index in [1.807, 2.05) is 6.92 Å². The topological polar surface area (TPSA) is 51.7 Å². The van der Waals surface area contributed by atoms with Gasteiger partial charge in [0, 0.05) is 6.61 Å². The van der Waals surface area contributed by atoms with Gasteiger partial charge >= 0.3 is 56.4 Å². The zero-order valence-corrected chi connectivity index (χ0v) is 9.19. The van der Waals surface area contributed by atoms with Crippen LogP contribution in [0.2, 0.25) is 0.515 Å². The van der Waals surface area contributed by atoms with Gasteiger partial charge in [-0.15, -0.1) is 0 Å². The van der Waals surface area contributed by atoms with Crippen LogP contribution in [0.3, 0.4) is 0 Å². The Morgan fingerprint density at radius 2 is 1.50 bits per heavy atom. The van der Waals surface area contributed by atoms with Crippen LogP contribution in [0.15, 0.2) is 0 Å². The van der Waals surface area contributed by atoms with E-state index >= 15 is 0 Å². The first-order chi connectivity index (χ1) is 3.33. The van der Waals surface area contributed by atoms with E-state index in [9.17, 15) is 0 Å². The van der Waals surface area contributed by atoms with Crippen LogP contribution >= 0.6 is 0 Å². The molecule has 0 aliphatic rings. The Hall–Kier alpha value is 1.56. The SMILES string of the molecule is CCCO.C[CH2][K].O. The Balaban J connectivity index is -0.0000000575. The third kappa shape index (κ3) is 49.7. The largest absolute Gasteiger partial charge is 0.412 e. The predicted octanol–water partition coefficient (Wildman–Crippen LogP) is 0.157. The minimum absolute atomic E-state index is 0. The Bertz CT molecular complexity index is 17.9. The van der Waals surface area contributed by atoms with Gasteiger partial charge in [0.05, 0.1) is 0 Å². The molecular formula is C5H15KO2. The molecule has 0 radical (unpaired) electrons. The van der Waals surface area contributed by atoms with E-state index in [4.69, 9.17) is 5.11 Å². The summed E-state index contributed by atoms with van der Waals surface area (Å²) in [7, 11) is 0. The van der Waals surface area contributed by atoms with Gasteiger partial charge in [-0.3, -0.25) is 0 Å². The molecule has 8 heavy (non-hydrogen) atoms. The number of aliphatic hydroxyl groups is 1. The van der Waals surface area contributed by atoms with Crippen LogP contribution in [0.5, 0.6) is 0 Å². The standard InChI is InChI=1S/C3H8O.C2H5.K.H2O/c1-2-3-4;1-2;;/h4H,2-3H2,1H3;1H2,2H3;;1H2. The number of aliphatic hydroxyl groups excluding tert-OH is 1. The molecule has 3 N–H and O–H groups in total. The molecule has 0 rings (SSSR count). The summed E-state index contributed by atoms with van der Waals surface area (Å²) in [5.74, 6) is 0. The summed E-state index contributed by atoms with van der Waals surface area (Å²) < 4.78 is 1.44. The quantitative estimate of drug-likeness (QED) is 0.526. The van der Waals surface area contributed by atoms with Crippen molar-refractivity contribution in [3.8, 4) is 0 Å². The minimum atomic E-state index is 0. The molecule has 2 nitrogen and oxygen atoms in total. The van der Waals surface area contributed by atoms with E-state index in [1.54, 1.807) is 0 Å². The Kier molecular flexibility index (Phi) is 47.9. The molecule has 48 valence electrons. The van der Waals surface area contributed by atoms with Gasteiger partial charge in [0.1, 0.15) is 0 Å². The van der Waals surface area contributed by atoms with Gasteiger partial charge in [-0.25, -0.2) is 0 Å². The van der Waals surface area contributed by atoms with E-state index in [1.165, 1.54) is 0.515 Å². The number of hydrogen-bond acceptors (Lipinski definition) is 1. The first kappa shape index (κ1) is 16.3. The maximum atomic E-state index is 7.88. The third-order valence-electron chi connectivity index (χ3n) is 0.224. The van der Waals surface area contributed by atoms with Crippen LogP contribution in [0.4, 0.5) is 0 Å². The summed E-state index contributed by atoms with van der Waals surface area (Å²) in [4.78, 5) is 0. The smallest absolute Gasteiger partial charge is 0.412 e. The van der Waals surface area contributed by atoms with Crippen LogP contribution in [-0.2, 0) is 0 Å². The van der Waals surface area contributed by atoms with Gasteiger partial charge < -0.3 is 10.6 Å². The van der Waals surface area contributed by atoms with E-state index < -0.39 is 0 Å². The van der Waals surface area contributed by atoms with Crippen molar-refractivity contribution in [2.75, 3.05) is 6.61 Å². The van der Waals surface area contributed by atoms with Gasteiger partial charge in [0.15, 0.2) is 0 Å². The molecule has 0 aromatic carbocycles. The third-order valence-corrected chi connectivity index (χ3v) is 0.224. The summed E-state index contributed by atoms with van der Waals surface area (Å²) in [5, 5.41) is 7.88. The predicted molar refractivity (Wildman–Crippen MR) is 37.2 cm³/mol. The molecule has 0 aliphatic heterocycles. The minimum Gasteiger partial charge on any atom is -0.412 e. The van der Waals surface area contributed by atoms with Crippen molar-refractivity contribution >= 4 is 49.0 Å². The fourth-order valence-electron chi connectivity index (χ4n) is 0. The molecular weight excluding hydrogens is 131 g/mol. The molecule has 0 spiro atoms. The van der Waals surface area contributed by atoms with Gasteiger partial charge in [-0.2, -0.15) is 0 Å². The molecule has 0 heterocycles. The average molecular weight is 146 g/mol. The zero-order valence-electron chi connectivity index (χ0n) is 6.07. The van der Waals surface area contributed by atoms with Crippen molar-refractivity contribution in [1.29, 1.82) is 0 Å². The molecule has 0 atom stereocenters. The molecule has 0 aliphatic carbocycles. The van der Waals surface area contributed by atoms with Crippen molar-refractivity contribution in [1.82, 2.24) is 0 Å². The molecule has 0 amide bonds. The van der Waals surface area contributed by atoms with Crippen molar-refractivity contribution in [2.24, 2.45) is 0 Å². The molecule has 0 aromatic rings. The molecule has 3 heteroatoms.